The van der Waals surface area contributed by atoms with Crippen LogP contribution in [0.3, 0.4) is 0 Å². The van der Waals surface area contributed by atoms with Crippen molar-refractivity contribution in [3.05, 3.63) is 65.5 Å². The molecular formula is C18H20FIN4O. The third-order valence-electron chi connectivity index (χ3n) is 3.25. The Bertz CT molecular complexity index is 732. The first kappa shape index (κ1) is 20.7. The molecule has 0 unspecified atom stereocenters. The Labute approximate surface area is 163 Å². The van der Waals surface area contributed by atoms with E-state index in [0.29, 0.717) is 30.2 Å². The summed E-state index contributed by atoms with van der Waals surface area (Å²) < 4.78 is 19.3. The van der Waals surface area contributed by atoms with Crippen LogP contribution in [0.5, 0.6) is 5.75 Å². The van der Waals surface area contributed by atoms with Gasteiger partial charge in [-0.15, -0.1) is 24.0 Å². The zero-order chi connectivity index (χ0) is 17.2. The molecule has 2 aromatic rings. The summed E-state index contributed by atoms with van der Waals surface area (Å²) in [5.41, 5.74) is 0.838. The molecule has 0 spiro atoms. The zero-order valence-corrected chi connectivity index (χ0v) is 16.2. The van der Waals surface area contributed by atoms with Crippen LogP contribution in [0.25, 0.3) is 0 Å². The maximum atomic E-state index is 13.7. The number of ether oxygens (including phenoxy) is 1. The van der Waals surface area contributed by atoms with E-state index in [9.17, 15) is 4.39 Å². The average molecular weight is 454 g/mol. The van der Waals surface area contributed by atoms with Crippen LogP contribution in [0.15, 0.2) is 53.5 Å². The molecule has 0 aliphatic rings. The van der Waals surface area contributed by atoms with Gasteiger partial charge in [0.2, 0.25) is 0 Å². The van der Waals surface area contributed by atoms with Gasteiger partial charge in [-0.2, -0.15) is 5.26 Å². The highest BCUT2D eigenvalue weighted by Gasteiger charge is 2.05. The van der Waals surface area contributed by atoms with Gasteiger partial charge in [-0.05, 0) is 30.3 Å². The third-order valence-corrected chi connectivity index (χ3v) is 3.25. The number of hydrogen-bond acceptors (Lipinski definition) is 3. The highest BCUT2D eigenvalue weighted by atomic mass is 127. The number of nitrogens with one attached hydrogen (secondary N) is 2. The van der Waals surface area contributed by atoms with E-state index in [0.717, 1.165) is 5.75 Å². The quantitative estimate of drug-likeness (QED) is 0.305. The first-order valence-corrected chi connectivity index (χ1v) is 7.54. The predicted molar refractivity (Wildman–Crippen MR) is 107 cm³/mol. The van der Waals surface area contributed by atoms with Gasteiger partial charge in [-0.1, -0.05) is 18.2 Å². The maximum Gasteiger partial charge on any atom is 0.191 e. The number of nitriles is 1. The van der Waals surface area contributed by atoms with Gasteiger partial charge >= 0.3 is 0 Å². The molecule has 7 heteroatoms. The van der Waals surface area contributed by atoms with Crippen molar-refractivity contribution in [2.75, 3.05) is 20.2 Å². The number of rotatable bonds is 6. The van der Waals surface area contributed by atoms with E-state index in [4.69, 9.17) is 10.00 Å². The summed E-state index contributed by atoms with van der Waals surface area (Å²) in [6, 6.07) is 15.8. The first-order valence-electron chi connectivity index (χ1n) is 7.54. The highest BCUT2D eigenvalue weighted by molar-refractivity contribution is 14.0. The molecule has 0 aliphatic heterocycles. The Kier molecular flexibility index (Phi) is 9.32. The van der Waals surface area contributed by atoms with Crippen molar-refractivity contribution in [3.63, 3.8) is 0 Å². The standard InChI is InChI=1S/C18H19FN4O.HI/c1-21-18(22-9-10-24-16-5-3-2-4-6-16)23-13-15-11-14(12-20)7-8-17(15)19;/h2-8,11H,9-10,13H2,1H3,(H2,21,22,23);1H. The number of guanidine groups is 1. The van der Waals surface area contributed by atoms with E-state index >= 15 is 0 Å². The lowest BCUT2D eigenvalue weighted by atomic mass is 10.1. The first-order chi connectivity index (χ1) is 11.7. The molecule has 5 nitrogen and oxygen atoms in total. The van der Waals surface area contributed by atoms with Gasteiger partial charge < -0.3 is 15.4 Å². The molecule has 2 N–H and O–H groups in total. The molecule has 0 radical (unpaired) electrons. The highest BCUT2D eigenvalue weighted by Crippen LogP contribution is 2.10. The van der Waals surface area contributed by atoms with Crippen LogP contribution in [0.4, 0.5) is 4.39 Å². The molecule has 25 heavy (non-hydrogen) atoms. The van der Waals surface area contributed by atoms with Gasteiger partial charge in [0.25, 0.3) is 0 Å². The number of benzene rings is 2. The summed E-state index contributed by atoms with van der Waals surface area (Å²) in [6.07, 6.45) is 0. The number of para-hydroxylation sites is 1. The van der Waals surface area contributed by atoms with Crippen LogP contribution in [0.1, 0.15) is 11.1 Å². The fourth-order valence-electron chi connectivity index (χ4n) is 2.03. The molecular weight excluding hydrogens is 434 g/mol. The molecule has 0 bridgehead atoms. The molecule has 0 aliphatic carbocycles. The summed E-state index contributed by atoms with van der Waals surface area (Å²) in [5, 5.41) is 15.0. The van der Waals surface area contributed by atoms with Gasteiger partial charge in [0.1, 0.15) is 18.2 Å². The summed E-state index contributed by atoms with van der Waals surface area (Å²) >= 11 is 0. The summed E-state index contributed by atoms with van der Waals surface area (Å²) in [5.74, 6) is 0.982. The lowest BCUT2D eigenvalue weighted by Gasteiger charge is -2.13. The van der Waals surface area contributed by atoms with Crippen LogP contribution in [-0.2, 0) is 6.54 Å². The second-order valence-electron chi connectivity index (χ2n) is 4.93. The van der Waals surface area contributed by atoms with E-state index in [2.05, 4.69) is 15.6 Å². The Morgan fingerprint density at radius 2 is 1.96 bits per heavy atom. The smallest absolute Gasteiger partial charge is 0.191 e. The van der Waals surface area contributed by atoms with Gasteiger partial charge in [0.15, 0.2) is 5.96 Å². The number of hydrogen-bond donors (Lipinski definition) is 2. The number of nitrogens with zero attached hydrogens (tertiary/aromatic N) is 2. The van der Waals surface area contributed by atoms with Crippen LogP contribution in [-0.4, -0.2) is 26.2 Å². The van der Waals surface area contributed by atoms with Crippen molar-refractivity contribution < 1.29 is 9.13 Å². The lowest BCUT2D eigenvalue weighted by molar-refractivity contribution is 0.322. The molecule has 2 rings (SSSR count). The van der Waals surface area contributed by atoms with Gasteiger partial charge in [-0.3, -0.25) is 4.99 Å². The van der Waals surface area contributed by atoms with Crippen molar-refractivity contribution in [1.82, 2.24) is 10.6 Å². The second-order valence-corrected chi connectivity index (χ2v) is 4.93. The van der Waals surface area contributed by atoms with Gasteiger partial charge in [0, 0.05) is 19.2 Å². The average Bonchev–Trinajstić information content (AvgIpc) is 2.63. The maximum absolute atomic E-state index is 13.7. The summed E-state index contributed by atoms with van der Waals surface area (Å²) in [4.78, 5) is 4.07. The largest absolute Gasteiger partial charge is 0.492 e. The topological polar surface area (TPSA) is 69.4 Å². The van der Waals surface area contributed by atoms with Gasteiger partial charge in [-0.25, -0.2) is 4.39 Å². The van der Waals surface area contributed by atoms with Crippen molar-refractivity contribution in [1.29, 1.82) is 5.26 Å². The van der Waals surface area contributed by atoms with E-state index in [1.807, 2.05) is 36.4 Å². The number of aliphatic imine (C=N–C) groups is 1. The van der Waals surface area contributed by atoms with Gasteiger partial charge in [0.05, 0.1) is 18.2 Å². The fourth-order valence-corrected chi connectivity index (χ4v) is 2.03. The van der Waals surface area contributed by atoms with E-state index in [-0.39, 0.29) is 36.3 Å². The molecule has 0 atom stereocenters. The zero-order valence-electron chi connectivity index (χ0n) is 13.8. The molecule has 2 aromatic carbocycles. The predicted octanol–water partition coefficient (Wildman–Crippen LogP) is 3.06. The normalized spacial score (nSPS) is 10.4. The summed E-state index contributed by atoms with van der Waals surface area (Å²) in [6.45, 7) is 1.26. The monoisotopic (exact) mass is 454 g/mol. The van der Waals surface area contributed by atoms with Crippen LogP contribution in [0.2, 0.25) is 0 Å². The molecule has 0 fully saturated rings. The SMILES string of the molecule is CN=C(NCCOc1ccccc1)NCc1cc(C#N)ccc1F.I. The van der Waals surface area contributed by atoms with Crippen molar-refractivity contribution in [2.45, 2.75) is 6.54 Å². The Hall–Kier alpha value is -2.34. The van der Waals surface area contributed by atoms with E-state index < -0.39 is 0 Å². The van der Waals surface area contributed by atoms with Crippen LogP contribution in [0, 0.1) is 17.1 Å². The molecule has 132 valence electrons. The Morgan fingerprint density at radius 1 is 1.20 bits per heavy atom. The van der Waals surface area contributed by atoms with Crippen molar-refractivity contribution in [2.24, 2.45) is 4.99 Å². The molecule has 0 saturated carbocycles. The second kappa shape index (κ2) is 11.3. The fraction of sp³-hybridized carbons (Fsp3) is 0.222. The lowest BCUT2D eigenvalue weighted by Crippen LogP contribution is -2.39. The minimum absolute atomic E-state index is 0. The van der Waals surface area contributed by atoms with E-state index in [1.165, 1.54) is 18.2 Å². The molecule has 0 aromatic heterocycles. The molecule has 0 amide bonds. The minimum Gasteiger partial charge on any atom is -0.492 e. The van der Waals surface area contributed by atoms with Crippen molar-refractivity contribution in [3.8, 4) is 11.8 Å². The third kappa shape index (κ3) is 6.97. The minimum atomic E-state index is -0.357. The number of halogens is 2. The summed E-state index contributed by atoms with van der Waals surface area (Å²) in [7, 11) is 1.63. The van der Waals surface area contributed by atoms with E-state index in [1.54, 1.807) is 7.05 Å². The van der Waals surface area contributed by atoms with Crippen molar-refractivity contribution >= 4 is 29.9 Å². The Balaban J connectivity index is 0.00000312. The molecule has 0 saturated heterocycles. The van der Waals surface area contributed by atoms with Crippen LogP contribution >= 0.6 is 24.0 Å². The Morgan fingerprint density at radius 3 is 2.64 bits per heavy atom. The van der Waals surface area contributed by atoms with Crippen LogP contribution < -0.4 is 15.4 Å². The molecule has 0 heterocycles.